The lowest BCUT2D eigenvalue weighted by molar-refractivity contribution is 0.977. The Balaban J connectivity index is 2.32. The molecule has 14 heavy (non-hydrogen) atoms. The minimum Gasteiger partial charge on any atom is -0.361 e. The van der Waals surface area contributed by atoms with Gasteiger partial charge in [-0.25, -0.2) is 4.98 Å². The highest BCUT2D eigenvalue weighted by molar-refractivity contribution is 7.22. The van der Waals surface area contributed by atoms with E-state index in [1.807, 2.05) is 0 Å². The Morgan fingerprint density at radius 2 is 2.29 bits per heavy atom. The molecule has 0 saturated carbocycles. The van der Waals surface area contributed by atoms with Crippen molar-refractivity contribution in [2.75, 3.05) is 11.9 Å². The first-order chi connectivity index (χ1) is 6.79. The second-order valence-electron chi connectivity index (χ2n) is 3.42. The van der Waals surface area contributed by atoms with E-state index in [0.29, 0.717) is 0 Å². The number of hydrogen-bond donors (Lipinski definition) is 1. The summed E-state index contributed by atoms with van der Waals surface area (Å²) in [5.74, 6) is 0. The van der Waals surface area contributed by atoms with Crippen LogP contribution in [0.5, 0.6) is 0 Å². The second kappa shape index (κ2) is 3.96. The molecule has 1 N–H and O–H groups in total. The van der Waals surface area contributed by atoms with Gasteiger partial charge in [-0.3, -0.25) is 0 Å². The number of aryl methyl sites for hydroxylation is 1. The summed E-state index contributed by atoms with van der Waals surface area (Å²) in [6, 6.07) is 6.40. The molecule has 0 aliphatic heterocycles. The highest BCUT2D eigenvalue weighted by atomic mass is 32.1. The lowest BCUT2D eigenvalue weighted by Gasteiger charge is -1.95. The van der Waals surface area contributed by atoms with Crippen LogP contribution in [0.25, 0.3) is 10.2 Å². The standard InChI is InChI=1S/C11H14N2S/c1-3-6-12-11-13-9-7-8(2)4-5-10(9)14-11/h4-5,7H,3,6H2,1-2H3,(H,12,13). The van der Waals surface area contributed by atoms with E-state index >= 15 is 0 Å². The first kappa shape index (κ1) is 9.46. The van der Waals surface area contributed by atoms with Crippen LogP contribution < -0.4 is 5.32 Å². The molecule has 0 spiro atoms. The Morgan fingerprint density at radius 1 is 1.43 bits per heavy atom. The molecule has 0 unspecified atom stereocenters. The third-order valence-corrected chi connectivity index (χ3v) is 3.06. The number of nitrogens with zero attached hydrogens (tertiary/aromatic N) is 1. The molecule has 2 rings (SSSR count). The predicted octanol–water partition coefficient (Wildman–Crippen LogP) is 3.43. The van der Waals surface area contributed by atoms with Crippen molar-refractivity contribution < 1.29 is 0 Å². The molecule has 0 amide bonds. The summed E-state index contributed by atoms with van der Waals surface area (Å²) >= 11 is 1.72. The number of aromatic nitrogens is 1. The van der Waals surface area contributed by atoms with Crippen molar-refractivity contribution in [3.63, 3.8) is 0 Å². The third kappa shape index (κ3) is 1.87. The average molecular weight is 206 g/mol. The summed E-state index contributed by atoms with van der Waals surface area (Å²) in [6.07, 6.45) is 1.13. The molecule has 1 heterocycles. The zero-order valence-electron chi connectivity index (χ0n) is 8.50. The fourth-order valence-corrected chi connectivity index (χ4v) is 2.22. The van der Waals surface area contributed by atoms with Gasteiger partial charge in [-0.2, -0.15) is 0 Å². The SMILES string of the molecule is CCCNc1nc2cc(C)ccc2s1. The Hall–Kier alpha value is -1.09. The highest BCUT2D eigenvalue weighted by Crippen LogP contribution is 2.26. The van der Waals surface area contributed by atoms with E-state index in [0.717, 1.165) is 23.6 Å². The van der Waals surface area contributed by atoms with Gasteiger partial charge in [0.15, 0.2) is 5.13 Å². The van der Waals surface area contributed by atoms with Gasteiger partial charge in [-0.1, -0.05) is 24.3 Å². The van der Waals surface area contributed by atoms with Crippen molar-refractivity contribution in [3.05, 3.63) is 23.8 Å². The Bertz CT molecular complexity index is 434. The lowest BCUT2D eigenvalue weighted by atomic mass is 10.2. The smallest absolute Gasteiger partial charge is 0.183 e. The maximum atomic E-state index is 4.52. The second-order valence-corrected chi connectivity index (χ2v) is 4.45. The van der Waals surface area contributed by atoms with E-state index in [-0.39, 0.29) is 0 Å². The van der Waals surface area contributed by atoms with E-state index < -0.39 is 0 Å². The topological polar surface area (TPSA) is 24.9 Å². The van der Waals surface area contributed by atoms with Gasteiger partial charge in [0.1, 0.15) is 0 Å². The zero-order chi connectivity index (χ0) is 9.97. The fourth-order valence-electron chi connectivity index (χ4n) is 1.35. The van der Waals surface area contributed by atoms with Crippen LogP contribution in [0, 0.1) is 6.92 Å². The number of hydrogen-bond acceptors (Lipinski definition) is 3. The monoisotopic (exact) mass is 206 g/mol. The van der Waals surface area contributed by atoms with Crippen LogP contribution in [-0.4, -0.2) is 11.5 Å². The van der Waals surface area contributed by atoms with Gasteiger partial charge in [-0.15, -0.1) is 0 Å². The number of thiazole rings is 1. The quantitative estimate of drug-likeness (QED) is 0.832. The molecule has 0 radical (unpaired) electrons. The van der Waals surface area contributed by atoms with Gasteiger partial charge in [0.2, 0.25) is 0 Å². The fraction of sp³-hybridized carbons (Fsp3) is 0.364. The molecular formula is C11H14N2S. The summed E-state index contributed by atoms with van der Waals surface area (Å²) in [6.45, 7) is 5.25. The Morgan fingerprint density at radius 3 is 3.07 bits per heavy atom. The molecule has 74 valence electrons. The number of nitrogens with one attached hydrogen (secondary N) is 1. The van der Waals surface area contributed by atoms with Crippen molar-refractivity contribution in [1.82, 2.24) is 4.98 Å². The average Bonchev–Trinajstić information content (AvgIpc) is 2.56. The van der Waals surface area contributed by atoms with Crippen LogP contribution in [0.4, 0.5) is 5.13 Å². The van der Waals surface area contributed by atoms with Gasteiger partial charge in [0.05, 0.1) is 10.2 Å². The number of rotatable bonds is 3. The minimum absolute atomic E-state index is 0.999. The van der Waals surface area contributed by atoms with Gasteiger partial charge >= 0.3 is 0 Å². The summed E-state index contributed by atoms with van der Waals surface area (Å²) in [4.78, 5) is 4.52. The molecule has 3 heteroatoms. The maximum Gasteiger partial charge on any atom is 0.183 e. The minimum atomic E-state index is 0.999. The summed E-state index contributed by atoms with van der Waals surface area (Å²) in [5.41, 5.74) is 2.37. The molecule has 0 bridgehead atoms. The molecule has 0 fully saturated rings. The van der Waals surface area contributed by atoms with E-state index in [1.54, 1.807) is 11.3 Å². The van der Waals surface area contributed by atoms with Crippen molar-refractivity contribution in [2.45, 2.75) is 20.3 Å². The van der Waals surface area contributed by atoms with Gasteiger partial charge in [0.25, 0.3) is 0 Å². The van der Waals surface area contributed by atoms with Crippen LogP contribution >= 0.6 is 11.3 Å². The first-order valence-electron chi connectivity index (χ1n) is 4.90. The van der Waals surface area contributed by atoms with Crippen LogP contribution in [0.15, 0.2) is 18.2 Å². The molecule has 0 atom stereocenters. The molecule has 1 aromatic carbocycles. The van der Waals surface area contributed by atoms with Crippen molar-refractivity contribution in [2.24, 2.45) is 0 Å². The van der Waals surface area contributed by atoms with Gasteiger partial charge < -0.3 is 5.32 Å². The lowest BCUT2D eigenvalue weighted by Crippen LogP contribution is -1.98. The van der Waals surface area contributed by atoms with E-state index in [9.17, 15) is 0 Å². The summed E-state index contributed by atoms with van der Waals surface area (Å²) < 4.78 is 1.26. The highest BCUT2D eigenvalue weighted by Gasteiger charge is 2.01. The van der Waals surface area contributed by atoms with E-state index in [1.165, 1.54) is 10.3 Å². The predicted molar refractivity (Wildman–Crippen MR) is 63.1 cm³/mol. The van der Waals surface area contributed by atoms with Gasteiger partial charge in [-0.05, 0) is 31.0 Å². The summed E-state index contributed by atoms with van der Waals surface area (Å²) in [5, 5.41) is 4.35. The Kier molecular flexibility index (Phi) is 2.68. The van der Waals surface area contributed by atoms with Crippen LogP contribution in [0.1, 0.15) is 18.9 Å². The van der Waals surface area contributed by atoms with Crippen LogP contribution in [0.3, 0.4) is 0 Å². The van der Waals surface area contributed by atoms with Crippen molar-refractivity contribution >= 4 is 26.7 Å². The number of benzene rings is 1. The van der Waals surface area contributed by atoms with E-state index in [2.05, 4.69) is 42.3 Å². The first-order valence-corrected chi connectivity index (χ1v) is 5.72. The molecular weight excluding hydrogens is 192 g/mol. The zero-order valence-corrected chi connectivity index (χ0v) is 9.32. The molecule has 2 aromatic rings. The molecule has 0 saturated heterocycles. The molecule has 0 aliphatic rings. The normalized spacial score (nSPS) is 10.7. The van der Waals surface area contributed by atoms with Crippen molar-refractivity contribution in [1.29, 1.82) is 0 Å². The third-order valence-electron chi connectivity index (χ3n) is 2.07. The van der Waals surface area contributed by atoms with Crippen LogP contribution in [-0.2, 0) is 0 Å². The van der Waals surface area contributed by atoms with E-state index in [4.69, 9.17) is 0 Å². The number of anilines is 1. The van der Waals surface area contributed by atoms with Crippen molar-refractivity contribution in [3.8, 4) is 0 Å². The number of fused-ring (bicyclic) bond motifs is 1. The molecule has 2 nitrogen and oxygen atoms in total. The maximum absolute atomic E-state index is 4.52. The largest absolute Gasteiger partial charge is 0.361 e. The molecule has 1 aromatic heterocycles. The van der Waals surface area contributed by atoms with Gasteiger partial charge in [0, 0.05) is 6.54 Å². The Labute approximate surface area is 88.0 Å². The summed E-state index contributed by atoms with van der Waals surface area (Å²) in [7, 11) is 0. The van der Waals surface area contributed by atoms with Crippen LogP contribution in [0.2, 0.25) is 0 Å². The molecule has 0 aliphatic carbocycles.